The Labute approximate surface area is 317 Å². The van der Waals surface area contributed by atoms with Crippen LogP contribution in [0.25, 0.3) is 0 Å². The van der Waals surface area contributed by atoms with Crippen molar-refractivity contribution in [3.8, 4) is 0 Å². The van der Waals surface area contributed by atoms with Gasteiger partial charge in [-0.15, -0.1) is 0 Å². The van der Waals surface area contributed by atoms with Gasteiger partial charge < -0.3 is 0 Å². The molecule has 1 radical (unpaired) electrons. The van der Waals surface area contributed by atoms with Gasteiger partial charge in [0, 0.05) is 36.6 Å². The average molecular weight is 863 g/mol. The predicted octanol–water partition coefficient (Wildman–Crippen LogP) is 16.5. The largest absolute Gasteiger partial charge is 0.184 e. The minimum absolute atomic E-state index is 0. The van der Waals surface area contributed by atoms with Gasteiger partial charge in [-0.1, -0.05) is 167 Å². The molecule has 3 aliphatic rings. The molecule has 0 unspecified atom stereocenters. The fourth-order valence-corrected chi connectivity index (χ4v) is 6.25. The van der Waals surface area contributed by atoms with Gasteiger partial charge in [-0.2, -0.15) is 36.4 Å². The molecule has 0 amide bonds. The van der Waals surface area contributed by atoms with E-state index in [4.69, 9.17) is 0 Å². The topological polar surface area (TPSA) is 0 Å². The summed E-state index contributed by atoms with van der Waals surface area (Å²) in [7, 11) is -1.29. The zero-order valence-electron chi connectivity index (χ0n) is 36.2. The van der Waals surface area contributed by atoms with E-state index in [-0.39, 0.29) is 20.4 Å². The first kappa shape index (κ1) is 54.1. The van der Waals surface area contributed by atoms with Crippen LogP contribution in [0.15, 0.2) is 30.3 Å². The summed E-state index contributed by atoms with van der Waals surface area (Å²) in [5, 5.41) is 0. The van der Waals surface area contributed by atoms with Gasteiger partial charge in [0.2, 0.25) is 0 Å². The van der Waals surface area contributed by atoms with E-state index in [0.717, 1.165) is 23.2 Å². The van der Waals surface area contributed by atoms with Crippen LogP contribution >= 0.6 is 0 Å². The molecule has 3 fully saturated rings. The monoisotopic (exact) mass is 863 g/mol. The molecule has 4 rings (SSSR count). The van der Waals surface area contributed by atoms with Crippen LogP contribution in [0.1, 0.15) is 161 Å². The Bertz CT molecular complexity index is 706. The number of rotatable bonds is 7. The van der Waals surface area contributed by atoms with Crippen LogP contribution in [0, 0.1) is 40.1 Å². The summed E-state index contributed by atoms with van der Waals surface area (Å²) in [5.41, 5.74) is 2.02. The van der Waals surface area contributed by atoms with Gasteiger partial charge in [0.05, 0.1) is 0 Å². The smallest absolute Gasteiger partial charge is 0.0442 e. The molecule has 0 spiro atoms. The summed E-state index contributed by atoms with van der Waals surface area (Å²) >= 11 is 0. The number of hydrogen-bond acceptors (Lipinski definition) is 0. The molecule has 0 aromatic heterocycles. The summed E-state index contributed by atoms with van der Waals surface area (Å²) in [4.78, 5) is 0. The van der Waals surface area contributed by atoms with Gasteiger partial charge in [-0.25, -0.2) is 0 Å². The zero-order chi connectivity index (χ0) is 36.7. The first-order valence-electron chi connectivity index (χ1n) is 19.8. The van der Waals surface area contributed by atoms with Gasteiger partial charge in [0.15, 0.2) is 0 Å². The Hall–Kier alpha value is 0.316. The second-order valence-electron chi connectivity index (χ2n) is 19.9. The van der Waals surface area contributed by atoms with E-state index in [1.54, 1.807) is 0 Å². The van der Waals surface area contributed by atoms with Gasteiger partial charge in [0.1, 0.15) is 0 Å². The Morgan fingerprint density at radius 2 is 1.15 bits per heavy atom. The SMILES string of the molecule is CC(C)(C)C1CC1.CC1(C2CC2)CC1.CCCC(C)(C)C.CCCC(C)C.CCC[Si](C)(C)C.CC[Si](C)(C)C.[Re].[c-]1ccccc1. The molecule has 0 nitrogen and oxygen atoms in total. The van der Waals surface area contributed by atoms with E-state index in [0.29, 0.717) is 10.8 Å². The fourth-order valence-electron chi connectivity index (χ4n) is 4.75. The normalized spacial score (nSPS) is 16.1. The Morgan fingerprint density at radius 1 is 0.702 bits per heavy atom. The molecule has 283 valence electrons. The molecule has 0 aliphatic heterocycles. The van der Waals surface area contributed by atoms with E-state index in [9.17, 15) is 0 Å². The average Bonchev–Trinajstić information content (AvgIpc) is 3.73. The van der Waals surface area contributed by atoms with Crippen molar-refractivity contribution >= 4 is 16.1 Å². The first-order valence-corrected chi connectivity index (χ1v) is 27.2. The van der Waals surface area contributed by atoms with Gasteiger partial charge in [-0.3, -0.25) is 0 Å². The van der Waals surface area contributed by atoms with Crippen LogP contribution in [0.2, 0.25) is 51.4 Å². The van der Waals surface area contributed by atoms with E-state index in [2.05, 4.69) is 135 Å². The maximum Gasteiger partial charge on any atom is 0.0442 e. The maximum absolute atomic E-state index is 2.89. The van der Waals surface area contributed by atoms with E-state index < -0.39 is 16.1 Å². The van der Waals surface area contributed by atoms with E-state index in [1.807, 2.05) is 30.3 Å². The molecule has 0 bridgehead atoms. The Kier molecular flexibility index (Phi) is 32.2. The Morgan fingerprint density at radius 3 is 1.19 bits per heavy atom. The minimum Gasteiger partial charge on any atom is -0.184 e. The van der Waals surface area contributed by atoms with Crippen LogP contribution in [0.3, 0.4) is 0 Å². The van der Waals surface area contributed by atoms with Crippen molar-refractivity contribution in [2.24, 2.45) is 34.0 Å². The molecule has 3 aliphatic carbocycles. The van der Waals surface area contributed by atoms with Gasteiger partial charge in [-0.05, 0) is 78.9 Å². The summed E-state index contributed by atoms with van der Waals surface area (Å²) < 4.78 is 0. The van der Waals surface area contributed by atoms with Gasteiger partial charge in [0.25, 0.3) is 0 Å². The summed E-state index contributed by atoms with van der Waals surface area (Å²) in [6.07, 6.45) is 15.8. The first-order chi connectivity index (χ1) is 20.9. The zero-order valence-corrected chi connectivity index (χ0v) is 40.9. The molecular formula is C44H91ReSi2-. The Balaban J connectivity index is -0.000000229. The molecule has 0 saturated heterocycles. The van der Waals surface area contributed by atoms with Crippen molar-refractivity contribution in [2.45, 2.75) is 212 Å². The van der Waals surface area contributed by atoms with Crippen LogP contribution in [0.5, 0.6) is 0 Å². The second-order valence-corrected chi connectivity index (χ2v) is 31.3. The van der Waals surface area contributed by atoms with Crippen molar-refractivity contribution in [1.29, 1.82) is 0 Å². The predicted molar refractivity (Wildman–Crippen MR) is 224 cm³/mol. The standard InChI is InChI=1S/C7H12.C7H14.C7H16.C6H16Si.C6H5.C6H14.C5H14Si.Re/c1-7(4-5-7)6-2-3-6;1-7(2,3)6-4-5-6;2*1-5-6-7(2,3)4;1-2-4-6-5-3-1;1-4-5-6(2)3;1-5-6(2,3)4;/h6H,2-5H2,1H3;6H,4-5H2,1-3H3;2*5-6H2,1-4H3;1-5H;6H,4-5H2,1-3H3;5H2,1-4H3;/q;;;;-1;;;. The van der Waals surface area contributed by atoms with E-state index >= 15 is 0 Å². The third-order valence-corrected chi connectivity index (χ3v) is 13.1. The van der Waals surface area contributed by atoms with Crippen molar-refractivity contribution in [1.82, 2.24) is 0 Å². The molecule has 3 saturated carbocycles. The van der Waals surface area contributed by atoms with Gasteiger partial charge >= 0.3 is 0 Å². The van der Waals surface area contributed by atoms with E-state index in [1.165, 1.54) is 82.7 Å². The molecule has 47 heavy (non-hydrogen) atoms. The van der Waals surface area contributed by atoms with Crippen LogP contribution in [0.4, 0.5) is 0 Å². The van der Waals surface area contributed by atoms with Crippen LogP contribution in [-0.2, 0) is 20.4 Å². The molecule has 1 aromatic carbocycles. The molecular weight excluding hydrogens is 771 g/mol. The molecule has 0 N–H and O–H groups in total. The minimum atomic E-state index is -0.657. The van der Waals surface area contributed by atoms with Crippen molar-refractivity contribution in [2.75, 3.05) is 0 Å². The number of hydrogen-bond donors (Lipinski definition) is 0. The third-order valence-electron chi connectivity index (χ3n) is 8.94. The number of benzene rings is 1. The molecule has 3 heteroatoms. The fraction of sp³-hybridized carbons (Fsp3) is 0.864. The van der Waals surface area contributed by atoms with Crippen molar-refractivity contribution in [3.05, 3.63) is 36.4 Å². The molecule has 0 atom stereocenters. The van der Waals surface area contributed by atoms with Crippen LogP contribution < -0.4 is 0 Å². The van der Waals surface area contributed by atoms with Crippen molar-refractivity contribution < 1.29 is 20.4 Å². The molecule has 0 heterocycles. The molecule has 1 aromatic rings. The summed E-state index contributed by atoms with van der Waals surface area (Å²) in [5.74, 6) is 3.11. The quantitative estimate of drug-likeness (QED) is 0.189. The second kappa shape index (κ2) is 28.0. The van der Waals surface area contributed by atoms with Crippen LogP contribution in [-0.4, -0.2) is 16.1 Å². The van der Waals surface area contributed by atoms with Crippen molar-refractivity contribution in [3.63, 3.8) is 0 Å². The summed E-state index contributed by atoms with van der Waals surface area (Å²) in [6, 6.07) is 15.4. The summed E-state index contributed by atoms with van der Waals surface area (Å²) in [6.45, 7) is 44.1. The maximum atomic E-state index is 2.89. The third kappa shape index (κ3) is 48.5.